The molecule has 0 radical (unpaired) electrons. The Hall–Kier alpha value is -1.62. The normalized spacial score (nSPS) is 22.2. The van der Waals surface area contributed by atoms with Crippen LogP contribution in [0.5, 0.6) is 0 Å². The molecule has 2 rings (SSSR count). The van der Waals surface area contributed by atoms with Crippen molar-refractivity contribution in [2.24, 2.45) is 0 Å². The van der Waals surface area contributed by atoms with E-state index in [1.54, 1.807) is 12.3 Å². The molecule has 2 N–H and O–H groups in total. The Kier molecular flexibility index (Phi) is 4.37. The number of ether oxygens (including phenoxy) is 1. The Bertz CT molecular complexity index is 442. The summed E-state index contributed by atoms with van der Waals surface area (Å²) in [6.45, 7) is 6.16. The molecule has 0 saturated carbocycles. The van der Waals surface area contributed by atoms with E-state index in [-0.39, 0.29) is 11.5 Å². The molecule has 1 aromatic rings. The van der Waals surface area contributed by atoms with Crippen molar-refractivity contribution in [1.82, 2.24) is 10.3 Å². The first-order valence-corrected chi connectivity index (χ1v) is 6.75. The van der Waals surface area contributed by atoms with Crippen LogP contribution in [-0.2, 0) is 4.74 Å². The molecule has 0 bridgehead atoms. The second kappa shape index (κ2) is 6.02. The molecular formula is C14H21N3O2. The van der Waals surface area contributed by atoms with Crippen molar-refractivity contribution >= 4 is 11.6 Å². The second-order valence-corrected chi connectivity index (χ2v) is 5.04. The van der Waals surface area contributed by atoms with Crippen LogP contribution in [0, 0.1) is 0 Å². The molecule has 1 aromatic heterocycles. The molecule has 1 atom stereocenters. The largest absolute Gasteiger partial charge is 0.385 e. The first-order chi connectivity index (χ1) is 9.13. The number of aromatic nitrogens is 1. The maximum atomic E-state index is 12.0. The van der Waals surface area contributed by atoms with Crippen molar-refractivity contribution in [2.75, 3.05) is 25.0 Å². The highest BCUT2D eigenvalue weighted by Gasteiger charge is 2.30. The standard InChI is InChI=1S/C14H21N3O2/c1-3-15-11-5-7-16-12(9-11)13(18)17-10-14(2)6-4-8-19-14/h5,7,9H,3-4,6,8,10H2,1-2H3,(H,15,16)(H,17,18). The summed E-state index contributed by atoms with van der Waals surface area (Å²) in [5, 5.41) is 6.06. The maximum Gasteiger partial charge on any atom is 0.270 e. The molecule has 104 valence electrons. The summed E-state index contributed by atoms with van der Waals surface area (Å²) in [4.78, 5) is 16.1. The van der Waals surface area contributed by atoms with Crippen LogP contribution >= 0.6 is 0 Å². The van der Waals surface area contributed by atoms with Crippen molar-refractivity contribution in [3.05, 3.63) is 24.0 Å². The molecule has 1 aliphatic rings. The number of pyridine rings is 1. The molecule has 1 amide bonds. The highest BCUT2D eigenvalue weighted by molar-refractivity contribution is 5.93. The number of hydrogen-bond donors (Lipinski definition) is 2. The smallest absolute Gasteiger partial charge is 0.270 e. The number of anilines is 1. The van der Waals surface area contributed by atoms with E-state index in [0.29, 0.717) is 12.2 Å². The van der Waals surface area contributed by atoms with Crippen molar-refractivity contribution in [3.63, 3.8) is 0 Å². The van der Waals surface area contributed by atoms with Gasteiger partial charge in [-0.3, -0.25) is 9.78 Å². The van der Waals surface area contributed by atoms with Gasteiger partial charge in [-0.25, -0.2) is 0 Å². The predicted molar refractivity (Wildman–Crippen MR) is 74.3 cm³/mol. The Labute approximate surface area is 113 Å². The zero-order valence-electron chi connectivity index (χ0n) is 11.5. The van der Waals surface area contributed by atoms with Gasteiger partial charge in [-0.1, -0.05) is 0 Å². The molecule has 0 aliphatic carbocycles. The molecule has 2 heterocycles. The molecule has 1 unspecified atom stereocenters. The highest BCUT2D eigenvalue weighted by atomic mass is 16.5. The molecular weight excluding hydrogens is 242 g/mol. The van der Waals surface area contributed by atoms with Gasteiger partial charge in [-0.15, -0.1) is 0 Å². The lowest BCUT2D eigenvalue weighted by Crippen LogP contribution is -2.40. The minimum atomic E-state index is -0.227. The predicted octanol–water partition coefficient (Wildman–Crippen LogP) is 1.81. The van der Waals surface area contributed by atoms with Gasteiger partial charge < -0.3 is 15.4 Å². The minimum absolute atomic E-state index is 0.156. The average molecular weight is 263 g/mol. The van der Waals surface area contributed by atoms with E-state index in [1.165, 1.54) is 0 Å². The number of amides is 1. The van der Waals surface area contributed by atoms with E-state index >= 15 is 0 Å². The Morgan fingerprint density at radius 3 is 3.11 bits per heavy atom. The number of carbonyl (C=O) groups is 1. The fraction of sp³-hybridized carbons (Fsp3) is 0.571. The van der Waals surface area contributed by atoms with Crippen LogP contribution in [0.4, 0.5) is 5.69 Å². The number of rotatable bonds is 5. The van der Waals surface area contributed by atoms with E-state index in [4.69, 9.17) is 4.74 Å². The monoisotopic (exact) mass is 263 g/mol. The summed E-state index contributed by atoms with van der Waals surface area (Å²) < 4.78 is 5.64. The van der Waals surface area contributed by atoms with Gasteiger partial charge in [0.25, 0.3) is 5.91 Å². The maximum absolute atomic E-state index is 12.0. The summed E-state index contributed by atoms with van der Waals surface area (Å²) in [7, 11) is 0. The quantitative estimate of drug-likeness (QED) is 0.850. The number of hydrogen-bond acceptors (Lipinski definition) is 4. The zero-order valence-corrected chi connectivity index (χ0v) is 11.5. The van der Waals surface area contributed by atoms with Crippen LogP contribution in [0.25, 0.3) is 0 Å². The molecule has 1 fully saturated rings. The molecule has 0 aromatic carbocycles. The van der Waals surface area contributed by atoms with Crippen LogP contribution < -0.4 is 10.6 Å². The third-order valence-electron chi connectivity index (χ3n) is 3.30. The van der Waals surface area contributed by atoms with Crippen LogP contribution in [0.3, 0.4) is 0 Å². The van der Waals surface area contributed by atoms with Crippen molar-refractivity contribution in [2.45, 2.75) is 32.3 Å². The van der Waals surface area contributed by atoms with Crippen LogP contribution in [0.2, 0.25) is 0 Å². The van der Waals surface area contributed by atoms with Crippen LogP contribution in [0.15, 0.2) is 18.3 Å². The minimum Gasteiger partial charge on any atom is -0.385 e. The van der Waals surface area contributed by atoms with Crippen molar-refractivity contribution in [3.8, 4) is 0 Å². The molecule has 5 nitrogen and oxygen atoms in total. The van der Waals surface area contributed by atoms with Gasteiger partial charge in [0.1, 0.15) is 5.69 Å². The van der Waals surface area contributed by atoms with Gasteiger partial charge in [0, 0.05) is 31.6 Å². The highest BCUT2D eigenvalue weighted by Crippen LogP contribution is 2.23. The third-order valence-corrected chi connectivity index (χ3v) is 3.30. The van der Waals surface area contributed by atoms with E-state index in [1.807, 2.05) is 19.9 Å². The molecule has 19 heavy (non-hydrogen) atoms. The molecule has 1 aliphatic heterocycles. The topological polar surface area (TPSA) is 63.2 Å². The van der Waals surface area contributed by atoms with Crippen LogP contribution in [0.1, 0.15) is 37.2 Å². The summed E-state index contributed by atoms with van der Waals surface area (Å²) in [6, 6.07) is 3.61. The van der Waals surface area contributed by atoms with E-state index < -0.39 is 0 Å². The lowest BCUT2D eigenvalue weighted by Gasteiger charge is -2.23. The van der Waals surface area contributed by atoms with Gasteiger partial charge in [-0.2, -0.15) is 0 Å². The summed E-state index contributed by atoms with van der Waals surface area (Å²) in [5.41, 5.74) is 1.11. The summed E-state index contributed by atoms with van der Waals surface area (Å²) in [6.07, 6.45) is 3.68. The zero-order chi connectivity index (χ0) is 13.7. The Morgan fingerprint density at radius 2 is 2.42 bits per heavy atom. The fourth-order valence-corrected chi connectivity index (χ4v) is 2.20. The van der Waals surface area contributed by atoms with Gasteiger partial charge in [0.15, 0.2) is 0 Å². The van der Waals surface area contributed by atoms with Gasteiger partial charge >= 0.3 is 0 Å². The first-order valence-electron chi connectivity index (χ1n) is 6.75. The number of nitrogens with one attached hydrogen (secondary N) is 2. The van der Waals surface area contributed by atoms with Crippen molar-refractivity contribution in [1.29, 1.82) is 0 Å². The van der Waals surface area contributed by atoms with E-state index in [2.05, 4.69) is 15.6 Å². The lowest BCUT2D eigenvalue weighted by molar-refractivity contribution is 0.0205. The van der Waals surface area contributed by atoms with E-state index in [0.717, 1.165) is 31.7 Å². The lowest BCUT2D eigenvalue weighted by atomic mass is 10.0. The number of nitrogens with zero attached hydrogens (tertiary/aromatic N) is 1. The van der Waals surface area contributed by atoms with Gasteiger partial charge in [-0.05, 0) is 38.8 Å². The third kappa shape index (κ3) is 3.67. The van der Waals surface area contributed by atoms with E-state index in [9.17, 15) is 4.79 Å². The Morgan fingerprint density at radius 1 is 1.58 bits per heavy atom. The molecule has 0 spiro atoms. The average Bonchev–Trinajstić information content (AvgIpc) is 2.84. The fourth-order valence-electron chi connectivity index (χ4n) is 2.20. The first kappa shape index (κ1) is 13.8. The van der Waals surface area contributed by atoms with Gasteiger partial charge in [0.2, 0.25) is 0 Å². The van der Waals surface area contributed by atoms with Crippen LogP contribution in [-0.4, -0.2) is 36.2 Å². The molecule has 5 heteroatoms. The summed E-state index contributed by atoms with van der Waals surface area (Å²) in [5.74, 6) is -0.156. The molecule has 1 saturated heterocycles. The summed E-state index contributed by atoms with van der Waals surface area (Å²) >= 11 is 0. The van der Waals surface area contributed by atoms with Crippen molar-refractivity contribution < 1.29 is 9.53 Å². The number of carbonyl (C=O) groups excluding carboxylic acids is 1. The van der Waals surface area contributed by atoms with Gasteiger partial charge in [0.05, 0.1) is 5.60 Å². The second-order valence-electron chi connectivity index (χ2n) is 5.04. The SMILES string of the molecule is CCNc1ccnc(C(=O)NCC2(C)CCCO2)c1. The Balaban J connectivity index is 1.93.